The van der Waals surface area contributed by atoms with E-state index < -0.39 is 0 Å². The first-order chi connectivity index (χ1) is 8.60. The van der Waals surface area contributed by atoms with Crippen molar-refractivity contribution in [3.63, 3.8) is 0 Å². The highest BCUT2D eigenvalue weighted by Crippen LogP contribution is 2.27. The minimum Gasteiger partial charge on any atom is -0.457 e. The van der Waals surface area contributed by atoms with Gasteiger partial charge in [-0.25, -0.2) is 0 Å². The number of aliphatic hydroxyl groups excluding tert-OH is 1. The van der Waals surface area contributed by atoms with Gasteiger partial charge in [0.1, 0.15) is 11.5 Å². The van der Waals surface area contributed by atoms with Crippen molar-refractivity contribution >= 4 is 15.9 Å². The lowest BCUT2D eigenvalue weighted by Crippen LogP contribution is -1.91. The highest BCUT2D eigenvalue weighted by atomic mass is 79.9. The molecule has 0 bridgehead atoms. The molecule has 18 heavy (non-hydrogen) atoms. The Bertz CT molecular complexity index is 564. The van der Waals surface area contributed by atoms with Gasteiger partial charge in [0.15, 0.2) is 0 Å². The highest BCUT2D eigenvalue weighted by molar-refractivity contribution is 9.10. The lowest BCUT2D eigenvalue weighted by molar-refractivity contribution is 0.281. The van der Waals surface area contributed by atoms with Crippen molar-refractivity contribution in [2.75, 3.05) is 0 Å². The Morgan fingerprint density at radius 2 is 1.61 bits per heavy atom. The first kappa shape index (κ1) is 13.1. The van der Waals surface area contributed by atoms with E-state index in [0.29, 0.717) is 0 Å². The second-order valence-corrected chi connectivity index (χ2v) is 5.11. The van der Waals surface area contributed by atoms with Crippen LogP contribution in [-0.4, -0.2) is 5.11 Å². The average molecular weight is 307 g/mol. The van der Waals surface area contributed by atoms with Gasteiger partial charge in [0.2, 0.25) is 0 Å². The van der Waals surface area contributed by atoms with E-state index in [1.54, 1.807) is 0 Å². The zero-order valence-corrected chi connectivity index (χ0v) is 12.0. The molecule has 0 atom stereocenters. The molecule has 0 aromatic heterocycles. The molecule has 1 N–H and O–H groups in total. The first-order valence-corrected chi connectivity index (χ1v) is 6.54. The molecule has 94 valence electrons. The monoisotopic (exact) mass is 306 g/mol. The van der Waals surface area contributed by atoms with Crippen LogP contribution in [0.4, 0.5) is 0 Å². The quantitative estimate of drug-likeness (QED) is 0.913. The SMILES string of the molecule is Cc1cc(Oc2ccc(CO)c(C)c2)ccc1Br. The fraction of sp³-hybridized carbons (Fsp3) is 0.200. The van der Waals surface area contributed by atoms with Gasteiger partial charge in [-0.3, -0.25) is 0 Å². The Morgan fingerprint density at radius 3 is 2.17 bits per heavy atom. The van der Waals surface area contributed by atoms with Crippen molar-refractivity contribution in [2.45, 2.75) is 20.5 Å². The van der Waals surface area contributed by atoms with Gasteiger partial charge in [-0.2, -0.15) is 0 Å². The van der Waals surface area contributed by atoms with E-state index in [4.69, 9.17) is 9.84 Å². The molecule has 0 saturated carbocycles. The molecule has 2 aromatic rings. The summed E-state index contributed by atoms with van der Waals surface area (Å²) in [5.74, 6) is 1.60. The van der Waals surface area contributed by atoms with E-state index in [1.807, 2.05) is 50.2 Å². The zero-order valence-electron chi connectivity index (χ0n) is 10.4. The van der Waals surface area contributed by atoms with Crippen molar-refractivity contribution in [2.24, 2.45) is 0 Å². The van der Waals surface area contributed by atoms with Crippen LogP contribution in [0.15, 0.2) is 40.9 Å². The van der Waals surface area contributed by atoms with Crippen LogP contribution < -0.4 is 4.74 Å². The fourth-order valence-corrected chi connectivity index (χ4v) is 1.97. The standard InChI is InChI=1S/C15H15BrO2/c1-10-7-13(4-3-12(10)9-17)18-14-5-6-15(16)11(2)8-14/h3-8,17H,9H2,1-2H3. The Hall–Kier alpha value is -1.32. The highest BCUT2D eigenvalue weighted by Gasteiger charge is 2.03. The topological polar surface area (TPSA) is 29.5 Å². The predicted molar refractivity (Wildman–Crippen MR) is 76.1 cm³/mol. The van der Waals surface area contributed by atoms with E-state index in [9.17, 15) is 0 Å². The molecule has 0 radical (unpaired) electrons. The van der Waals surface area contributed by atoms with Crippen LogP contribution in [0.2, 0.25) is 0 Å². The van der Waals surface area contributed by atoms with E-state index in [1.165, 1.54) is 0 Å². The molecule has 0 spiro atoms. The van der Waals surface area contributed by atoms with Crippen molar-refractivity contribution < 1.29 is 9.84 Å². The van der Waals surface area contributed by atoms with Gasteiger partial charge in [-0.15, -0.1) is 0 Å². The maximum absolute atomic E-state index is 9.12. The molecular formula is C15H15BrO2. The number of aryl methyl sites for hydroxylation is 2. The molecule has 0 saturated heterocycles. The lowest BCUT2D eigenvalue weighted by atomic mass is 10.1. The van der Waals surface area contributed by atoms with Gasteiger partial charge in [-0.1, -0.05) is 22.0 Å². The molecule has 0 aliphatic heterocycles. The molecule has 0 heterocycles. The smallest absolute Gasteiger partial charge is 0.127 e. The van der Waals surface area contributed by atoms with E-state index >= 15 is 0 Å². The van der Waals surface area contributed by atoms with Crippen LogP contribution in [0.1, 0.15) is 16.7 Å². The third-order valence-corrected chi connectivity index (χ3v) is 3.74. The predicted octanol–water partition coefficient (Wildman–Crippen LogP) is 4.35. The Balaban J connectivity index is 2.23. The van der Waals surface area contributed by atoms with Crippen molar-refractivity contribution in [1.82, 2.24) is 0 Å². The van der Waals surface area contributed by atoms with Crippen LogP contribution in [0, 0.1) is 13.8 Å². The number of aliphatic hydroxyl groups is 1. The van der Waals surface area contributed by atoms with Gasteiger partial charge >= 0.3 is 0 Å². The summed E-state index contributed by atoms with van der Waals surface area (Å²) in [5.41, 5.74) is 3.09. The molecule has 0 fully saturated rings. The minimum atomic E-state index is 0.0590. The average Bonchev–Trinajstić information content (AvgIpc) is 2.34. The summed E-state index contributed by atoms with van der Waals surface area (Å²) in [6.07, 6.45) is 0. The number of ether oxygens (including phenoxy) is 1. The largest absolute Gasteiger partial charge is 0.457 e. The molecule has 3 heteroatoms. The van der Waals surface area contributed by atoms with Crippen LogP contribution in [0.3, 0.4) is 0 Å². The van der Waals surface area contributed by atoms with E-state index in [-0.39, 0.29) is 6.61 Å². The summed E-state index contributed by atoms with van der Waals surface area (Å²) in [6.45, 7) is 4.05. The molecule has 2 nitrogen and oxygen atoms in total. The maximum Gasteiger partial charge on any atom is 0.127 e. The Labute approximate surface area is 115 Å². The van der Waals surface area contributed by atoms with Gasteiger partial charge in [0.25, 0.3) is 0 Å². The molecule has 2 aromatic carbocycles. The van der Waals surface area contributed by atoms with E-state index in [2.05, 4.69) is 15.9 Å². The molecular weight excluding hydrogens is 292 g/mol. The summed E-state index contributed by atoms with van der Waals surface area (Å²) >= 11 is 3.46. The Morgan fingerprint density at radius 1 is 1.00 bits per heavy atom. The van der Waals surface area contributed by atoms with Crippen molar-refractivity contribution in [3.8, 4) is 11.5 Å². The van der Waals surface area contributed by atoms with Gasteiger partial charge in [-0.05, 0) is 60.9 Å². The second kappa shape index (κ2) is 5.55. The minimum absolute atomic E-state index is 0.0590. The zero-order chi connectivity index (χ0) is 13.1. The van der Waals surface area contributed by atoms with Crippen LogP contribution >= 0.6 is 15.9 Å². The summed E-state index contributed by atoms with van der Waals surface area (Å²) in [7, 11) is 0. The normalized spacial score (nSPS) is 10.4. The molecule has 0 aliphatic rings. The number of hydrogen-bond donors (Lipinski definition) is 1. The van der Waals surface area contributed by atoms with Gasteiger partial charge in [0.05, 0.1) is 6.61 Å². The molecule has 0 aliphatic carbocycles. The van der Waals surface area contributed by atoms with Gasteiger partial charge in [0, 0.05) is 4.47 Å². The number of benzene rings is 2. The first-order valence-electron chi connectivity index (χ1n) is 5.74. The summed E-state index contributed by atoms with van der Waals surface area (Å²) in [6, 6.07) is 11.6. The summed E-state index contributed by atoms with van der Waals surface area (Å²) < 4.78 is 6.86. The molecule has 0 amide bonds. The molecule has 0 unspecified atom stereocenters. The summed E-state index contributed by atoms with van der Waals surface area (Å²) in [5, 5.41) is 9.12. The van der Waals surface area contributed by atoms with Crippen LogP contribution in [0.25, 0.3) is 0 Å². The van der Waals surface area contributed by atoms with Crippen LogP contribution in [-0.2, 0) is 6.61 Å². The summed E-state index contributed by atoms with van der Waals surface area (Å²) in [4.78, 5) is 0. The van der Waals surface area contributed by atoms with Crippen molar-refractivity contribution in [3.05, 3.63) is 57.6 Å². The Kier molecular flexibility index (Phi) is 4.04. The lowest BCUT2D eigenvalue weighted by Gasteiger charge is -2.09. The number of hydrogen-bond acceptors (Lipinski definition) is 2. The van der Waals surface area contributed by atoms with Crippen molar-refractivity contribution in [1.29, 1.82) is 0 Å². The number of rotatable bonds is 3. The maximum atomic E-state index is 9.12. The van der Waals surface area contributed by atoms with E-state index in [0.717, 1.165) is 32.7 Å². The second-order valence-electron chi connectivity index (χ2n) is 4.26. The van der Waals surface area contributed by atoms with Crippen LogP contribution in [0.5, 0.6) is 11.5 Å². The fourth-order valence-electron chi connectivity index (χ4n) is 1.73. The third-order valence-electron chi connectivity index (χ3n) is 2.85. The number of halogens is 1. The third kappa shape index (κ3) is 2.92. The molecule has 2 rings (SSSR count). The van der Waals surface area contributed by atoms with Gasteiger partial charge < -0.3 is 9.84 Å².